The van der Waals surface area contributed by atoms with Crippen molar-refractivity contribution >= 4 is 28.7 Å². The van der Waals surface area contributed by atoms with Crippen LogP contribution in [0.25, 0.3) is 11.0 Å². The van der Waals surface area contributed by atoms with Gasteiger partial charge in [0.2, 0.25) is 0 Å². The Labute approximate surface area is 131 Å². The van der Waals surface area contributed by atoms with Crippen LogP contribution in [0, 0.1) is 5.82 Å². The lowest BCUT2D eigenvalue weighted by Gasteiger charge is -2.39. The molecule has 0 saturated carbocycles. The lowest BCUT2D eigenvalue weighted by Crippen LogP contribution is -2.52. The maximum Gasteiger partial charge on any atom is 0.410 e. The molecule has 0 aliphatic carbocycles. The van der Waals surface area contributed by atoms with E-state index in [1.807, 2.05) is 20.8 Å². The molecule has 8 heteroatoms. The molecule has 0 unspecified atom stereocenters. The van der Waals surface area contributed by atoms with Crippen LogP contribution in [0.5, 0.6) is 0 Å². The van der Waals surface area contributed by atoms with E-state index >= 15 is 0 Å². The molecule has 6 nitrogen and oxygen atoms in total. The molecular weight excluding hydrogens is 311 g/mol. The average molecular weight is 327 g/mol. The number of fused-ring (bicyclic) bond motifs is 1. The molecule has 2 heterocycles. The molecule has 1 aromatic heterocycles. The summed E-state index contributed by atoms with van der Waals surface area (Å²) >= 11 is 5.73. The number of carbonyl (C=O) groups excluding carboxylic acids is 1. The van der Waals surface area contributed by atoms with Gasteiger partial charge in [0.05, 0.1) is 16.6 Å². The highest BCUT2D eigenvalue weighted by atomic mass is 35.5. The van der Waals surface area contributed by atoms with Crippen LogP contribution in [0.15, 0.2) is 12.1 Å². The van der Waals surface area contributed by atoms with Gasteiger partial charge in [-0.1, -0.05) is 16.8 Å². The summed E-state index contributed by atoms with van der Waals surface area (Å²) in [6, 6.07) is 2.71. The van der Waals surface area contributed by atoms with Crippen LogP contribution in [-0.4, -0.2) is 44.7 Å². The van der Waals surface area contributed by atoms with Gasteiger partial charge in [-0.05, 0) is 26.8 Å². The molecule has 1 fully saturated rings. The third kappa shape index (κ3) is 2.72. The quantitative estimate of drug-likeness (QED) is 0.808. The van der Waals surface area contributed by atoms with E-state index in [9.17, 15) is 9.18 Å². The van der Waals surface area contributed by atoms with Gasteiger partial charge in [0.25, 0.3) is 0 Å². The van der Waals surface area contributed by atoms with Crippen LogP contribution >= 0.6 is 11.6 Å². The van der Waals surface area contributed by atoms with Crippen molar-refractivity contribution < 1.29 is 13.9 Å². The second-order valence-corrected chi connectivity index (χ2v) is 6.74. The molecule has 0 atom stereocenters. The molecule has 22 heavy (non-hydrogen) atoms. The van der Waals surface area contributed by atoms with Gasteiger partial charge in [-0.25, -0.2) is 13.9 Å². The van der Waals surface area contributed by atoms with E-state index in [4.69, 9.17) is 16.3 Å². The normalized spacial score (nSPS) is 16.0. The number of likely N-dealkylation sites (tertiary alicyclic amines) is 1. The molecule has 1 amide bonds. The van der Waals surface area contributed by atoms with Crippen LogP contribution in [0.2, 0.25) is 5.02 Å². The highest BCUT2D eigenvalue weighted by Gasteiger charge is 2.36. The van der Waals surface area contributed by atoms with Crippen molar-refractivity contribution in [1.29, 1.82) is 0 Å². The fourth-order valence-electron chi connectivity index (χ4n) is 2.29. The Kier molecular flexibility index (Phi) is 3.47. The smallest absolute Gasteiger partial charge is 0.410 e. The third-order valence-corrected chi connectivity index (χ3v) is 3.66. The summed E-state index contributed by atoms with van der Waals surface area (Å²) in [4.78, 5) is 13.5. The van der Waals surface area contributed by atoms with Gasteiger partial charge in [-0.3, -0.25) is 0 Å². The van der Waals surface area contributed by atoms with Gasteiger partial charge in [-0.15, -0.1) is 5.10 Å². The van der Waals surface area contributed by atoms with Gasteiger partial charge in [0.1, 0.15) is 16.9 Å². The van der Waals surface area contributed by atoms with Crippen molar-refractivity contribution in [2.75, 3.05) is 13.1 Å². The minimum atomic E-state index is -0.526. The Bertz CT molecular complexity index is 734. The molecule has 118 valence electrons. The molecule has 1 saturated heterocycles. The summed E-state index contributed by atoms with van der Waals surface area (Å²) in [7, 11) is 0. The lowest BCUT2D eigenvalue weighted by molar-refractivity contribution is -0.0000788. The van der Waals surface area contributed by atoms with E-state index in [-0.39, 0.29) is 17.2 Å². The van der Waals surface area contributed by atoms with Crippen molar-refractivity contribution in [3.05, 3.63) is 23.0 Å². The second-order valence-electron chi connectivity index (χ2n) is 6.33. The highest BCUT2D eigenvalue weighted by Crippen LogP contribution is 2.28. The van der Waals surface area contributed by atoms with Crippen molar-refractivity contribution in [3.63, 3.8) is 0 Å². The van der Waals surface area contributed by atoms with Gasteiger partial charge < -0.3 is 9.64 Å². The van der Waals surface area contributed by atoms with Crippen LogP contribution in [-0.2, 0) is 4.74 Å². The number of hydrogen-bond acceptors (Lipinski definition) is 4. The fraction of sp³-hybridized carbons (Fsp3) is 0.500. The molecule has 1 aliphatic rings. The first kappa shape index (κ1) is 15.0. The first-order valence-corrected chi connectivity index (χ1v) is 7.30. The van der Waals surface area contributed by atoms with Gasteiger partial charge in [0.15, 0.2) is 0 Å². The van der Waals surface area contributed by atoms with Gasteiger partial charge >= 0.3 is 6.09 Å². The summed E-state index contributed by atoms with van der Waals surface area (Å²) in [5.41, 5.74) is 0.569. The number of amides is 1. The van der Waals surface area contributed by atoms with Crippen LogP contribution in [0.4, 0.5) is 9.18 Å². The molecule has 1 aromatic carbocycles. The van der Waals surface area contributed by atoms with E-state index in [0.29, 0.717) is 24.1 Å². The van der Waals surface area contributed by atoms with E-state index < -0.39 is 11.4 Å². The predicted octanol–water partition coefficient (Wildman–Crippen LogP) is 3.02. The molecule has 3 rings (SSSR count). The molecule has 0 spiro atoms. The lowest BCUT2D eigenvalue weighted by atomic mass is 10.1. The van der Waals surface area contributed by atoms with Gasteiger partial charge in [-0.2, -0.15) is 0 Å². The number of halogens is 2. The third-order valence-electron chi connectivity index (χ3n) is 3.37. The van der Waals surface area contributed by atoms with Crippen molar-refractivity contribution in [2.24, 2.45) is 0 Å². The summed E-state index contributed by atoms with van der Waals surface area (Å²) in [6.45, 7) is 6.37. The van der Waals surface area contributed by atoms with E-state index in [1.54, 1.807) is 9.58 Å². The molecular formula is C14H16ClFN4O2. The largest absolute Gasteiger partial charge is 0.444 e. The first-order valence-electron chi connectivity index (χ1n) is 6.92. The first-order chi connectivity index (χ1) is 10.2. The number of hydrogen-bond donors (Lipinski definition) is 0. The Morgan fingerprint density at radius 3 is 2.73 bits per heavy atom. The number of aromatic nitrogens is 3. The number of carbonyl (C=O) groups is 1. The Morgan fingerprint density at radius 2 is 2.09 bits per heavy atom. The zero-order valence-electron chi connectivity index (χ0n) is 12.5. The minimum Gasteiger partial charge on any atom is -0.444 e. The number of rotatable bonds is 1. The summed E-state index contributed by atoms with van der Waals surface area (Å²) in [5.74, 6) is -0.513. The fourth-order valence-corrected chi connectivity index (χ4v) is 2.45. The van der Waals surface area contributed by atoms with Crippen molar-refractivity contribution in [2.45, 2.75) is 32.4 Å². The molecule has 0 radical (unpaired) electrons. The van der Waals surface area contributed by atoms with E-state index in [0.717, 1.165) is 0 Å². The average Bonchev–Trinajstić information content (AvgIpc) is 2.69. The van der Waals surface area contributed by atoms with Crippen molar-refractivity contribution in [1.82, 2.24) is 19.9 Å². The van der Waals surface area contributed by atoms with Crippen LogP contribution in [0.1, 0.15) is 26.8 Å². The maximum absolute atomic E-state index is 13.6. The van der Waals surface area contributed by atoms with Crippen LogP contribution < -0.4 is 0 Å². The monoisotopic (exact) mass is 326 g/mol. The highest BCUT2D eigenvalue weighted by molar-refractivity contribution is 6.31. The number of ether oxygens (including phenoxy) is 1. The Hall–Kier alpha value is -1.89. The Balaban J connectivity index is 1.73. The SMILES string of the molecule is CC(C)(C)OC(=O)N1CC(n2nnc3cc(Cl)c(F)cc32)C1. The van der Waals surface area contributed by atoms with E-state index in [1.165, 1.54) is 12.1 Å². The molecule has 1 aliphatic heterocycles. The predicted molar refractivity (Wildman–Crippen MR) is 79.3 cm³/mol. The van der Waals surface area contributed by atoms with Gasteiger partial charge in [0, 0.05) is 19.2 Å². The second kappa shape index (κ2) is 5.08. The summed E-state index contributed by atoms with van der Waals surface area (Å²) in [6.07, 6.45) is -0.359. The molecule has 0 N–H and O–H groups in total. The standard InChI is InChI=1S/C14H16ClFN4O2/c1-14(2,3)22-13(21)19-6-8(7-19)20-12-5-10(16)9(15)4-11(12)17-18-20/h4-5,8H,6-7H2,1-3H3. The number of benzene rings is 1. The maximum atomic E-state index is 13.6. The minimum absolute atomic E-state index is 0.0172. The number of nitrogens with zero attached hydrogens (tertiary/aromatic N) is 4. The summed E-state index contributed by atoms with van der Waals surface area (Å²) < 4.78 is 20.5. The molecule has 2 aromatic rings. The van der Waals surface area contributed by atoms with E-state index in [2.05, 4.69) is 10.3 Å². The zero-order valence-corrected chi connectivity index (χ0v) is 13.3. The molecule has 0 bridgehead atoms. The van der Waals surface area contributed by atoms with Crippen LogP contribution in [0.3, 0.4) is 0 Å². The summed E-state index contributed by atoms with van der Waals surface area (Å²) in [5, 5.41) is 8.03. The Morgan fingerprint density at radius 1 is 1.41 bits per heavy atom. The topological polar surface area (TPSA) is 60.2 Å². The zero-order chi connectivity index (χ0) is 16.1. The van der Waals surface area contributed by atoms with Crippen molar-refractivity contribution in [3.8, 4) is 0 Å².